The summed E-state index contributed by atoms with van der Waals surface area (Å²) in [7, 11) is 0. The normalized spacial score (nSPS) is 22.9. The van der Waals surface area contributed by atoms with Gasteiger partial charge in [0.05, 0.1) is 5.92 Å². The second-order valence-electron chi connectivity index (χ2n) is 5.30. The van der Waals surface area contributed by atoms with E-state index in [1.165, 1.54) is 0 Å². The molecular weight excluding hydrogens is 276 g/mol. The zero-order chi connectivity index (χ0) is 14.1. The fourth-order valence-corrected chi connectivity index (χ4v) is 3.17. The molecule has 0 radical (unpaired) electrons. The Labute approximate surface area is 121 Å². The second kappa shape index (κ2) is 5.37. The number of hydrogen-bond donors (Lipinski definition) is 1. The van der Waals surface area contributed by atoms with Crippen molar-refractivity contribution in [3.63, 3.8) is 0 Å². The highest BCUT2D eigenvalue weighted by Gasteiger charge is 2.27. The quantitative estimate of drug-likeness (QED) is 0.858. The number of carboxylic acids is 1. The Morgan fingerprint density at radius 1 is 1.30 bits per heavy atom. The summed E-state index contributed by atoms with van der Waals surface area (Å²) in [4.78, 5) is 19.7. The third-order valence-electron chi connectivity index (χ3n) is 4.06. The van der Waals surface area contributed by atoms with Crippen LogP contribution in [-0.2, 0) is 4.79 Å². The van der Waals surface area contributed by atoms with Crippen LogP contribution in [0.25, 0.3) is 10.9 Å². The molecule has 0 unspecified atom stereocenters. The molecular formula is C15H15ClN2O2. The number of rotatable bonds is 2. The van der Waals surface area contributed by atoms with Crippen molar-refractivity contribution in [2.75, 3.05) is 0 Å². The minimum Gasteiger partial charge on any atom is -0.481 e. The third-order valence-corrected chi connectivity index (χ3v) is 4.32. The molecule has 0 bridgehead atoms. The number of fused-ring (bicyclic) bond motifs is 1. The van der Waals surface area contributed by atoms with Crippen LogP contribution in [0, 0.1) is 5.92 Å². The van der Waals surface area contributed by atoms with Crippen LogP contribution >= 0.6 is 11.6 Å². The first-order valence-corrected chi connectivity index (χ1v) is 7.17. The molecule has 0 saturated heterocycles. The number of nitrogens with zero attached hydrogens (tertiary/aromatic N) is 2. The number of pyridine rings is 2. The minimum absolute atomic E-state index is 0.205. The monoisotopic (exact) mass is 290 g/mol. The van der Waals surface area contributed by atoms with E-state index in [2.05, 4.69) is 9.97 Å². The van der Waals surface area contributed by atoms with E-state index in [0.717, 1.165) is 29.4 Å². The molecule has 0 atom stereocenters. The Bertz CT molecular complexity index is 651. The van der Waals surface area contributed by atoms with Crippen LogP contribution in [0.15, 0.2) is 24.4 Å². The number of aromatic nitrogens is 2. The molecule has 0 aliphatic heterocycles. The molecule has 20 heavy (non-hydrogen) atoms. The largest absolute Gasteiger partial charge is 0.481 e. The van der Waals surface area contributed by atoms with E-state index in [0.29, 0.717) is 23.9 Å². The molecule has 1 fully saturated rings. The lowest BCUT2D eigenvalue weighted by Gasteiger charge is -2.25. The fourth-order valence-electron chi connectivity index (χ4n) is 2.91. The lowest BCUT2D eigenvalue weighted by molar-refractivity contribution is -0.142. The third kappa shape index (κ3) is 2.48. The molecule has 0 amide bonds. The van der Waals surface area contributed by atoms with Gasteiger partial charge in [0.1, 0.15) is 5.52 Å². The zero-order valence-corrected chi connectivity index (χ0v) is 11.7. The minimum atomic E-state index is -0.683. The summed E-state index contributed by atoms with van der Waals surface area (Å²) in [6.07, 6.45) is 4.83. The van der Waals surface area contributed by atoms with Crippen molar-refractivity contribution < 1.29 is 9.90 Å². The summed E-state index contributed by atoms with van der Waals surface area (Å²) in [6.45, 7) is 0. The smallest absolute Gasteiger partial charge is 0.306 e. The number of halogens is 1. The number of hydrogen-bond acceptors (Lipinski definition) is 3. The van der Waals surface area contributed by atoms with Crippen LogP contribution < -0.4 is 0 Å². The highest BCUT2D eigenvalue weighted by atomic mass is 35.5. The lowest BCUT2D eigenvalue weighted by Crippen LogP contribution is -2.21. The average molecular weight is 291 g/mol. The molecule has 5 heteroatoms. The molecule has 3 rings (SSSR count). The van der Waals surface area contributed by atoms with Crippen molar-refractivity contribution in [2.24, 2.45) is 5.92 Å². The lowest BCUT2D eigenvalue weighted by atomic mass is 9.80. The van der Waals surface area contributed by atoms with Gasteiger partial charge in [-0.05, 0) is 37.8 Å². The van der Waals surface area contributed by atoms with Crippen LogP contribution in [0.5, 0.6) is 0 Å². The standard InChI is InChI=1S/C15H15ClN2O2/c16-14-13-11(2-1-7-17-13)8-12(18-14)9-3-5-10(6-4-9)15(19)20/h1-2,7-10H,3-6H2,(H,19,20). The van der Waals surface area contributed by atoms with Gasteiger partial charge in [0, 0.05) is 23.2 Å². The van der Waals surface area contributed by atoms with E-state index >= 15 is 0 Å². The molecule has 1 aliphatic rings. The summed E-state index contributed by atoms with van der Waals surface area (Å²) in [6, 6.07) is 5.88. The average Bonchev–Trinajstić information content (AvgIpc) is 2.47. The van der Waals surface area contributed by atoms with Crippen LogP contribution in [0.1, 0.15) is 37.3 Å². The van der Waals surface area contributed by atoms with Gasteiger partial charge in [0.25, 0.3) is 0 Å². The van der Waals surface area contributed by atoms with Gasteiger partial charge in [-0.1, -0.05) is 17.7 Å². The maximum atomic E-state index is 11.0. The van der Waals surface area contributed by atoms with E-state index in [1.54, 1.807) is 6.20 Å². The Morgan fingerprint density at radius 3 is 2.75 bits per heavy atom. The second-order valence-corrected chi connectivity index (χ2v) is 5.66. The van der Waals surface area contributed by atoms with Crippen molar-refractivity contribution in [3.05, 3.63) is 35.2 Å². The van der Waals surface area contributed by atoms with Gasteiger partial charge in [-0.15, -0.1) is 0 Å². The predicted molar refractivity (Wildman–Crippen MR) is 76.9 cm³/mol. The molecule has 104 valence electrons. The van der Waals surface area contributed by atoms with Crippen molar-refractivity contribution in [1.82, 2.24) is 9.97 Å². The Hall–Kier alpha value is -1.68. The Kier molecular flexibility index (Phi) is 3.57. The predicted octanol–water partition coefficient (Wildman–Crippen LogP) is 3.64. The molecule has 1 saturated carbocycles. The first-order valence-electron chi connectivity index (χ1n) is 6.79. The SMILES string of the molecule is O=C(O)C1CCC(c2cc3cccnc3c(Cl)n2)CC1. The topological polar surface area (TPSA) is 63.1 Å². The van der Waals surface area contributed by atoms with Crippen molar-refractivity contribution in [3.8, 4) is 0 Å². The van der Waals surface area contributed by atoms with E-state index in [1.807, 2.05) is 18.2 Å². The maximum absolute atomic E-state index is 11.0. The molecule has 0 spiro atoms. The maximum Gasteiger partial charge on any atom is 0.306 e. The van der Waals surface area contributed by atoms with Crippen LogP contribution in [-0.4, -0.2) is 21.0 Å². The first kappa shape index (κ1) is 13.3. The van der Waals surface area contributed by atoms with Gasteiger partial charge in [-0.25, -0.2) is 4.98 Å². The van der Waals surface area contributed by atoms with Crippen molar-refractivity contribution in [2.45, 2.75) is 31.6 Å². The van der Waals surface area contributed by atoms with E-state index in [9.17, 15) is 4.79 Å². The Balaban J connectivity index is 1.86. The molecule has 4 nitrogen and oxygen atoms in total. The van der Waals surface area contributed by atoms with Crippen LogP contribution in [0.4, 0.5) is 0 Å². The van der Waals surface area contributed by atoms with Gasteiger partial charge in [0.2, 0.25) is 0 Å². The fraction of sp³-hybridized carbons (Fsp3) is 0.400. The summed E-state index contributed by atoms with van der Waals surface area (Å²) in [5, 5.41) is 10.5. The highest BCUT2D eigenvalue weighted by Crippen LogP contribution is 2.36. The van der Waals surface area contributed by atoms with Gasteiger partial charge >= 0.3 is 5.97 Å². The Morgan fingerprint density at radius 2 is 2.05 bits per heavy atom. The number of aliphatic carboxylic acids is 1. The highest BCUT2D eigenvalue weighted by molar-refractivity contribution is 6.33. The molecule has 0 aromatic carbocycles. The van der Waals surface area contributed by atoms with Crippen LogP contribution in [0.3, 0.4) is 0 Å². The summed E-state index contributed by atoms with van der Waals surface area (Å²) in [5.74, 6) is -0.589. The van der Waals surface area contributed by atoms with Crippen molar-refractivity contribution in [1.29, 1.82) is 0 Å². The van der Waals surface area contributed by atoms with Gasteiger partial charge < -0.3 is 5.11 Å². The molecule has 2 aromatic heterocycles. The molecule has 2 heterocycles. The van der Waals surface area contributed by atoms with Gasteiger partial charge in [0.15, 0.2) is 5.15 Å². The van der Waals surface area contributed by atoms with E-state index in [4.69, 9.17) is 16.7 Å². The summed E-state index contributed by atoms with van der Waals surface area (Å²) < 4.78 is 0. The molecule has 1 N–H and O–H groups in total. The van der Waals surface area contributed by atoms with Crippen LogP contribution in [0.2, 0.25) is 5.15 Å². The first-order chi connectivity index (χ1) is 9.65. The van der Waals surface area contributed by atoms with Gasteiger partial charge in [-0.2, -0.15) is 0 Å². The van der Waals surface area contributed by atoms with Crippen molar-refractivity contribution >= 4 is 28.5 Å². The van der Waals surface area contributed by atoms with Gasteiger partial charge in [-0.3, -0.25) is 9.78 Å². The summed E-state index contributed by atoms with van der Waals surface area (Å²) >= 11 is 6.19. The molecule has 2 aromatic rings. The van der Waals surface area contributed by atoms with E-state index in [-0.39, 0.29) is 5.92 Å². The summed E-state index contributed by atoms with van der Waals surface area (Å²) in [5.41, 5.74) is 1.68. The number of carboxylic acid groups (broad SMARTS) is 1. The zero-order valence-electron chi connectivity index (χ0n) is 10.9. The van der Waals surface area contributed by atoms with E-state index < -0.39 is 5.97 Å². The molecule has 1 aliphatic carbocycles. The number of carbonyl (C=O) groups is 1.